The molecule has 0 radical (unpaired) electrons. The second-order valence-corrected chi connectivity index (χ2v) is 4.77. The zero-order valence-corrected chi connectivity index (χ0v) is 11.5. The average molecular weight is 240 g/mol. The van der Waals surface area contributed by atoms with Crippen molar-refractivity contribution in [3.05, 3.63) is 12.7 Å². The van der Waals surface area contributed by atoms with E-state index in [2.05, 4.69) is 13.5 Å². The summed E-state index contributed by atoms with van der Waals surface area (Å²) >= 11 is 0. The molecule has 0 aliphatic rings. The SMILES string of the molecule is C=C[C@@H](C)COC(=O)CCCCCCCCC. The van der Waals surface area contributed by atoms with Crippen LogP contribution in [0.15, 0.2) is 12.7 Å². The minimum atomic E-state index is -0.0627. The van der Waals surface area contributed by atoms with Gasteiger partial charge in [0.25, 0.3) is 0 Å². The Bertz CT molecular complexity index is 199. The second kappa shape index (κ2) is 11.7. The molecule has 17 heavy (non-hydrogen) atoms. The van der Waals surface area contributed by atoms with Crippen LogP contribution in [0.3, 0.4) is 0 Å². The molecule has 0 N–H and O–H groups in total. The Morgan fingerprint density at radius 2 is 1.76 bits per heavy atom. The standard InChI is InChI=1S/C15H28O2/c1-4-6-7-8-9-10-11-12-15(16)17-13-14(3)5-2/h5,14H,2,4,6-13H2,1,3H3/t14-/m1/s1. The molecule has 0 aliphatic heterocycles. The maximum absolute atomic E-state index is 11.3. The largest absolute Gasteiger partial charge is 0.465 e. The monoisotopic (exact) mass is 240 g/mol. The third-order valence-corrected chi connectivity index (χ3v) is 2.89. The molecular weight excluding hydrogens is 212 g/mol. The normalized spacial score (nSPS) is 12.1. The molecule has 0 aromatic rings. The van der Waals surface area contributed by atoms with Gasteiger partial charge in [-0.3, -0.25) is 4.79 Å². The summed E-state index contributed by atoms with van der Waals surface area (Å²) in [4.78, 5) is 11.3. The molecule has 0 fully saturated rings. The first-order chi connectivity index (χ1) is 8.20. The summed E-state index contributed by atoms with van der Waals surface area (Å²) in [6.45, 7) is 8.35. The van der Waals surface area contributed by atoms with Gasteiger partial charge in [-0.05, 0) is 6.42 Å². The van der Waals surface area contributed by atoms with Crippen molar-refractivity contribution >= 4 is 5.97 Å². The Balaban J connectivity index is 3.24. The van der Waals surface area contributed by atoms with Crippen molar-refractivity contribution in [1.29, 1.82) is 0 Å². The molecule has 1 atom stereocenters. The minimum absolute atomic E-state index is 0.0627. The Hall–Kier alpha value is -0.790. The molecule has 0 amide bonds. The molecule has 2 heteroatoms. The minimum Gasteiger partial charge on any atom is -0.465 e. The topological polar surface area (TPSA) is 26.3 Å². The molecule has 0 bridgehead atoms. The van der Waals surface area contributed by atoms with Crippen LogP contribution in [0.4, 0.5) is 0 Å². The van der Waals surface area contributed by atoms with Gasteiger partial charge in [-0.15, -0.1) is 6.58 Å². The van der Waals surface area contributed by atoms with Crippen LogP contribution in [0.5, 0.6) is 0 Å². The van der Waals surface area contributed by atoms with Gasteiger partial charge in [0.15, 0.2) is 0 Å². The lowest BCUT2D eigenvalue weighted by atomic mass is 10.1. The smallest absolute Gasteiger partial charge is 0.305 e. The summed E-state index contributed by atoms with van der Waals surface area (Å²) in [5.74, 6) is 0.195. The third kappa shape index (κ3) is 11.5. The lowest BCUT2D eigenvalue weighted by Crippen LogP contribution is -2.10. The van der Waals surface area contributed by atoms with Gasteiger partial charge in [0, 0.05) is 12.3 Å². The fourth-order valence-electron chi connectivity index (χ4n) is 1.59. The van der Waals surface area contributed by atoms with Crippen molar-refractivity contribution in [2.75, 3.05) is 6.61 Å². The van der Waals surface area contributed by atoms with Crippen molar-refractivity contribution in [2.45, 2.75) is 65.2 Å². The lowest BCUT2D eigenvalue weighted by Gasteiger charge is -2.07. The van der Waals surface area contributed by atoms with Gasteiger partial charge < -0.3 is 4.74 Å². The van der Waals surface area contributed by atoms with E-state index < -0.39 is 0 Å². The maximum atomic E-state index is 11.3. The first-order valence-electron chi connectivity index (χ1n) is 6.98. The molecular formula is C15H28O2. The molecule has 0 heterocycles. The van der Waals surface area contributed by atoms with E-state index in [9.17, 15) is 4.79 Å². The number of carbonyl (C=O) groups is 1. The number of hydrogen-bond acceptors (Lipinski definition) is 2. The quantitative estimate of drug-likeness (QED) is 0.302. The van der Waals surface area contributed by atoms with Crippen molar-refractivity contribution in [3.63, 3.8) is 0 Å². The summed E-state index contributed by atoms with van der Waals surface area (Å²) in [5.41, 5.74) is 0. The Morgan fingerprint density at radius 1 is 1.18 bits per heavy atom. The van der Waals surface area contributed by atoms with Crippen LogP contribution in [0.2, 0.25) is 0 Å². The van der Waals surface area contributed by atoms with Crippen molar-refractivity contribution in [1.82, 2.24) is 0 Å². The summed E-state index contributed by atoms with van der Waals surface area (Å²) in [6, 6.07) is 0. The van der Waals surface area contributed by atoms with E-state index in [0.717, 1.165) is 12.8 Å². The predicted molar refractivity (Wildman–Crippen MR) is 72.9 cm³/mol. The molecule has 0 unspecified atom stereocenters. The van der Waals surface area contributed by atoms with Gasteiger partial charge in [0.05, 0.1) is 6.61 Å². The molecule has 100 valence electrons. The molecule has 0 saturated carbocycles. The Labute approximate surface area is 106 Å². The van der Waals surface area contributed by atoms with Crippen LogP contribution in [0, 0.1) is 5.92 Å². The predicted octanol–water partition coefficient (Wildman–Crippen LogP) is 4.49. The molecule has 0 rings (SSSR count). The van der Waals surface area contributed by atoms with Gasteiger partial charge in [0.1, 0.15) is 0 Å². The zero-order valence-electron chi connectivity index (χ0n) is 11.5. The van der Waals surface area contributed by atoms with E-state index in [-0.39, 0.29) is 11.9 Å². The number of hydrogen-bond donors (Lipinski definition) is 0. The van der Waals surface area contributed by atoms with E-state index in [1.807, 2.05) is 6.92 Å². The lowest BCUT2D eigenvalue weighted by molar-refractivity contribution is -0.144. The highest BCUT2D eigenvalue weighted by Gasteiger charge is 2.04. The number of carbonyl (C=O) groups excluding carboxylic acids is 1. The first kappa shape index (κ1) is 16.2. The van der Waals surface area contributed by atoms with Crippen molar-refractivity contribution in [2.24, 2.45) is 5.92 Å². The fraction of sp³-hybridized carbons (Fsp3) is 0.800. The molecule has 0 spiro atoms. The van der Waals surface area contributed by atoms with Gasteiger partial charge in [0.2, 0.25) is 0 Å². The summed E-state index contributed by atoms with van der Waals surface area (Å²) in [6.07, 6.45) is 11.0. The van der Waals surface area contributed by atoms with Gasteiger partial charge >= 0.3 is 5.97 Å². The number of ether oxygens (including phenoxy) is 1. The Morgan fingerprint density at radius 3 is 2.35 bits per heavy atom. The third-order valence-electron chi connectivity index (χ3n) is 2.89. The molecule has 0 aromatic carbocycles. The number of esters is 1. The van der Waals surface area contributed by atoms with Crippen molar-refractivity contribution in [3.8, 4) is 0 Å². The van der Waals surface area contributed by atoms with Crippen molar-refractivity contribution < 1.29 is 9.53 Å². The molecule has 0 aliphatic carbocycles. The molecule has 0 saturated heterocycles. The van der Waals surface area contributed by atoms with Crippen LogP contribution < -0.4 is 0 Å². The van der Waals surface area contributed by atoms with Crippen LogP contribution in [-0.2, 0) is 9.53 Å². The van der Waals surface area contributed by atoms with E-state index >= 15 is 0 Å². The van der Waals surface area contributed by atoms with E-state index in [4.69, 9.17) is 4.74 Å². The zero-order chi connectivity index (χ0) is 12.9. The average Bonchev–Trinajstić information content (AvgIpc) is 2.34. The van der Waals surface area contributed by atoms with Gasteiger partial charge in [-0.25, -0.2) is 0 Å². The van der Waals surface area contributed by atoms with Crippen LogP contribution in [-0.4, -0.2) is 12.6 Å². The maximum Gasteiger partial charge on any atom is 0.305 e. The van der Waals surface area contributed by atoms with E-state index in [1.54, 1.807) is 6.08 Å². The number of unbranched alkanes of at least 4 members (excludes halogenated alkanes) is 6. The van der Waals surface area contributed by atoms with Crippen LogP contribution >= 0.6 is 0 Å². The number of rotatable bonds is 11. The highest BCUT2D eigenvalue weighted by atomic mass is 16.5. The van der Waals surface area contributed by atoms with Crippen LogP contribution in [0.25, 0.3) is 0 Å². The van der Waals surface area contributed by atoms with Crippen LogP contribution in [0.1, 0.15) is 65.2 Å². The summed E-state index contributed by atoms with van der Waals surface area (Å²) < 4.78 is 5.13. The summed E-state index contributed by atoms with van der Waals surface area (Å²) in [7, 11) is 0. The van der Waals surface area contributed by atoms with Gasteiger partial charge in [-0.1, -0.05) is 58.4 Å². The highest BCUT2D eigenvalue weighted by Crippen LogP contribution is 2.09. The molecule has 2 nitrogen and oxygen atoms in total. The van der Waals surface area contributed by atoms with E-state index in [1.165, 1.54) is 32.1 Å². The molecule has 0 aromatic heterocycles. The Kier molecular flexibility index (Phi) is 11.1. The van der Waals surface area contributed by atoms with Gasteiger partial charge in [-0.2, -0.15) is 0 Å². The summed E-state index contributed by atoms with van der Waals surface area (Å²) in [5, 5.41) is 0. The fourth-order valence-corrected chi connectivity index (χ4v) is 1.59. The highest BCUT2D eigenvalue weighted by molar-refractivity contribution is 5.69. The van der Waals surface area contributed by atoms with E-state index in [0.29, 0.717) is 13.0 Å². The first-order valence-corrected chi connectivity index (χ1v) is 6.98. The second-order valence-electron chi connectivity index (χ2n) is 4.77.